The molecule has 6 nitrogen and oxygen atoms in total. The van der Waals surface area contributed by atoms with Crippen LogP contribution in [0.15, 0.2) is 24.3 Å². The first kappa shape index (κ1) is 57.3. The second-order valence-electron chi connectivity index (χ2n) is 17.9. The molecule has 2 atom stereocenters. The van der Waals surface area contributed by atoms with Gasteiger partial charge in [0.2, 0.25) is 5.91 Å². The Morgan fingerprint density at radius 2 is 0.797 bits per heavy atom. The maximum absolute atomic E-state index is 12.4. The van der Waals surface area contributed by atoms with Crippen LogP contribution in [0.3, 0.4) is 0 Å². The number of carbonyl (C=O) groups is 2. The molecule has 0 fully saturated rings. The van der Waals surface area contributed by atoms with Crippen molar-refractivity contribution in [3.8, 4) is 0 Å². The molecule has 0 aromatic carbocycles. The highest BCUT2D eigenvalue weighted by Crippen LogP contribution is 2.15. The van der Waals surface area contributed by atoms with E-state index < -0.39 is 12.1 Å². The number of nitrogens with one attached hydrogen (secondary N) is 1. The number of carbonyl (C=O) groups excluding carboxylic acids is 2. The van der Waals surface area contributed by atoms with Crippen molar-refractivity contribution in [2.24, 2.45) is 0 Å². The van der Waals surface area contributed by atoms with Crippen LogP contribution < -0.4 is 5.32 Å². The molecule has 0 heterocycles. The van der Waals surface area contributed by atoms with Crippen LogP contribution in [0.25, 0.3) is 0 Å². The maximum Gasteiger partial charge on any atom is 0.305 e. The fraction of sp³-hybridized carbons (Fsp3) is 0.887. The molecule has 0 radical (unpaired) electrons. The average Bonchev–Trinajstić information content (AvgIpc) is 3.24. The van der Waals surface area contributed by atoms with Crippen LogP contribution in [0, 0.1) is 0 Å². The number of rotatable bonds is 48. The summed E-state index contributed by atoms with van der Waals surface area (Å²) in [4.78, 5) is 24.5. The Morgan fingerprint density at radius 3 is 1.20 bits per heavy atom. The number of amides is 1. The highest BCUT2D eigenvalue weighted by Gasteiger charge is 2.18. The second kappa shape index (κ2) is 49.0. The van der Waals surface area contributed by atoms with Crippen LogP contribution in [-0.4, -0.2) is 47.4 Å². The summed E-state index contributed by atoms with van der Waals surface area (Å²) in [6.45, 7) is 4.84. The standard InChI is InChI=1S/C53H101NO5/c1-3-5-7-9-11-13-15-17-18-19-20-21-22-24-26-31-35-39-43-47-53(58)59-48-44-40-36-32-28-27-30-34-38-42-46-52(57)54-50(49-55)51(56)45-41-37-33-29-25-23-16-14-12-10-8-6-4-2/h17-18,41,45,50-51,55-56H,3-16,19-40,42-44,46-49H2,1-2H3,(H,54,57)/b18-17-,45-41+. The van der Waals surface area contributed by atoms with E-state index in [1.807, 2.05) is 6.08 Å². The minimum atomic E-state index is -0.858. The second-order valence-corrected chi connectivity index (χ2v) is 17.9. The summed E-state index contributed by atoms with van der Waals surface area (Å²) in [7, 11) is 0. The van der Waals surface area contributed by atoms with Gasteiger partial charge in [0.05, 0.1) is 25.4 Å². The molecule has 1 amide bonds. The number of unbranched alkanes of at least 4 members (excludes halogenated alkanes) is 35. The smallest absolute Gasteiger partial charge is 0.305 e. The van der Waals surface area contributed by atoms with Gasteiger partial charge in [-0.25, -0.2) is 0 Å². The molecular formula is C53H101NO5. The van der Waals surface area contributed by atoms with Crippen LogP contribution in [0.2, 0.25) is 0 Å². The molecule has 0 aromatic rings. The van der Waals surface area contributed by atoms with Gasteiger partial charge in [-0.3, -0.25) is 9.59 Å². The molecular weight excluding hydrogens is 731 g/mol. The van der Waals surface area contributed by atoms with E-state index in [0.717, 1.165) is 57.8 Å². The van der Waals surface area contributed by atoms with Crippen molar-refractivity contribution in [1.82, 2.24) is 5.32 Å². The third kappa shape index (κ3) is 45.7. The Hall–Kier alpha value is -1.66. The summed E-state index contributed by atoms with van der Waals surface area (Å²) in [6, 6.07) is -0.643. The zero-order valence-electron chi connectivity index (χ0n) is 39.5. The lowest BCUT2D eigenvalue weighted by Crippen LogP contribution is -2.45. The zero-order valence-corrected chi connectivity index (χ0v) is 39.5. The van der Waals surface area contributed by atoms with Gasteiger partial charge in [0, 0.05) is 12.8 Å². The van der Waals surface area contributed by atoms with Crippen LogP contribution in [0.4, 0.5) is 0 Å². The molecule has 6 heteroatoms. The van der Waals surface area contributed by atoms with Gasteiger partial charge in [-0.05, 0) is 57.8 Å². The largest absolute Gasteiger partial charge is 0.466 e. The van der Waals surface area contributed by atoms with Gasteiger partial charge in [0.15, 0.2) is 0 Å². The maximum atomic E-state index is 12.4. The topological polar surface area (TPSA) is 95.9 Å². The van der Waals surface area contributed by atoms with Gasteiger partial charge in [0.1, 0.15) is 0 Å². The Morgan fingerprint density at radius 1 is 0.458 bits per heavy atom. The first-order chi connectivity index (χ1) is 29.0. The number of aliphatic hydroxyl groups is 2. The van der Waals surface area contributed by atoms with Gasteiger partial charge in [-0.1, -0.05) is 231 Å². The van der Waals surface area contributed by atoms with Crippen molar-refractivity contribution < 1.29 is 24.5 Å². The lowest BCUT2D eigenvalue weighted by molar-refractivity contribution is -0.143. The van der Waals surface area contributed by atoms with Crippen LogP contribution in [0.1, 0.15) is 277 Å². The minimum absolute atomic E-state index is 0.0216. The lowest BCUT2D eigenvalue weighted by Gasteiger charge is -2.20. The molecule has 0 spiro atoms. The van der Waals surface area contributed by atoms with E-state index in [-0.39, 0.29) is 18.5 Å². The monoisotopic (exact) mass is 832 g/mol. The molecule has 0 saturated heterocycles. The number of hydrogen-bond acceptors (Lipinski definition) is 5. The minimum Gasteiger partial charge on any atom is -0.466 e. The van der Waals surface area contributed by atoms with Crippen LogP contribution in [-0.2, 0) is 14.3 Å². The van der Waals surface area contributed by atoms with Gasteiger partial charge in [-0.2, -0.15) is 0 Å². The zero-order chi connectivity index (χ0) is 43.0. The summed E-state index contributed by atoms with van der Waals surface area (Å²) in [5, 5.41) is 23.0. The average molecular weight is 832 g/mol. The SMILES string of the molecule is CCCCCCCC/C=C\CCCCCCCCCCCC(=O)OCCCCCCCCCCCCC(=O)NC(CO)C(O)/C=C/CCCCCCCCCCCCC. The number of allylic oxidation sites excluding steroid dienone is 3. The van der Waals surface area contributed by atoms with E-state index in [1.165, 1.54) is 193 Å². The summed E-state index contributed by atoms with van der Waals surface area (Å²) < 4.78 is 5.47. The Kier molecular flexibility index (Phi) is 47.6. The van der Waals surface area contributed by atoms with E-state index in [2.05, 4.69) is 31.3 Å². The number of hydrogen-bond donors (Lipinski definition) is 3. The normalized spacial score (nSPS) is 12.8. The Balaban J connectivity index is 3.48. The molecule has 0 aliphatic heterocycles. The van der Waals surface area contributed by atoms with Crippen molar-refractivity contribution in [2.45, 2.75) is 289 Å². The summed E-state index contributed by atoms with van der Waals surface area (Å²) >= 11 is 0. The molecule has 0 aromatic heterocycles. The van der Waals surface area contributed by atoms with Crippen molar-refractivity contribution in [3.63, 3.8) is 0 Å². The fourth-order valence-electron chi connectivity index (χ4n) is 7.92. The number of ether oxygens (including phenoxy) is 1. The summed E-state index contributed by atoms with van der Waals surface area (Å²) in [5.74, 6) is -0.112. The first-order valence-electron chi connectivity index (χ1n) is 26.1. The van der Waals surface area contributed by atoms with Crippen LogP contribution in [0.5, 0.6) is 0 Å². The van der Waals surface area contributed by atoms with Crippen molar-refractivity contribution >= 4 is 11.9 Å². The first-order valence-corrected chi connectivity index (χ1v) is 26.1. The highest BCUT2D eigenvalue weighted by molar-refractivity contribution is 5.76. The van der Waals surface area contributed by atoms with Gasteiger partial charge in [-0.15, -0.1) is 0 Å². The summed E-state index contributed by atoms with van der Waals surface area (Å²) in [5.41, 5.74) is 0. The fourth-order valence-corrected chi connectivity index (χ4v) is 7.92. The molecule has 0 aliphatic rings. The van der Waals surface area contributed by atoms with Gasteiger partial charge < -0.3 is 20.3 Å². The predicted molar refractivity (Wildman–Crippen MR) is 255 cm³/mol. The Labute approximate surface area is 367 Å². The molecule has 59 heavy (non-hydrogen) atoms. The molecule has 348 valence electrons. The Bertz CT molecular complexity index is 920. The predicted octanol–water partition coefficient (Wildman–Crippen LogP) is 15.5. The van der Waals surface area contributed by atoms with E-state index in [9.17, 15) is 19.8 Å². The highest BCUT2D eigenvalue weighted by atomic mass is 16.5. The van der Waals surface area contributed by atoms with Crippen molar-refractivity contribution in [1.29, 1.82) is 0 Å². The van der Waals surface area contributed by atoms with E-state index >= 15 is 0 Å². The van der Waals surface area contributed by atoms with Crippen LogP contribution >= 0.6 is 0 Å². The summed E-state index contributed by atoms with van der Waals surface area (Å²) in [6.07, 6.45) is 57.5. The molecule has 2 unspecified atom stereocenters. The lowest BCUT2D eigenvalue weighted by atomic mass is 10.0. The van der Waals surface area contributed by atoms with Crippen molar-refractivity contribution in [3.05, 3.63) is 24.3 Å². The van der Waals surface area contributed by atoms with Gasteiger partial charge >= 0.3 is 5.97 Å². The molecule has 0 saturated carbocycles. The number of aliphatic hydroxyl groups excluding tert-OH is 2. The van der Waals surface area contributed by atoms with E-state index in [4.69, 9.17) is 4.74 Å². The molecule has 0 aliphatic carbocycles. The number of esters is 1. The van der Waals surface area contributed by atoms with E-state index in [0.29, 0.717) is 19.4 Å². The quantitative estimate of drug-likeness (QED) is 0.0322. The third-order valence-electron chi connectivity index (χ3n) is 12.0. The van der Waals surface area contributed by atoms with Gasteiger partial charge in [0.25, 0.3) is 0 Å². The third-order valence-corrected chi connectivity index (χ3v) is 12.0. The van der Waals surface area contributed by atoms with E-state index in [1.54, 1.807) is 6.08 Å². The molecule has 3 N–H and O–H groups in total. The molecule has 0 bridgehead atoms. The molecule has 0 rings (SSSR count). The van der Waals surface area contributed by atoms with Crippen molar-refractivity contribution in [2.75, 3.05) is 13.2 Å².